The molecule has 0 fully saturated rings. The Morgan fingerprint density at radius 2 is 1.94 bits per heavy atom. The molecule has 1 heterocycles. The zero-order valence-corrected chi connectivity index (χ0v) is 11.4. The molecule has 3 atom stereocenters. The molecular weight excluding hydrogens is 248 g/mol. The highest BCUT2D eigenvalue weighted by Gasteiger charge is 2.27. The number of hydrogen-bond donors (Lipinski definition) is 0. The van der Waals surface area contributed by atoms with E-state index < -0.39 is 0 Å². The van der Waals surface area contributed by atoms with Gasteiger partial charge < -0.3 is 14.2 Å². The fraction of sp³-hybridized carbons (Fsp3) is 0.429. The lowest BCUT2D eigenvalue weighted by molar-refractivity contribution is -0.0762. The van der Waals surface area contributed by atoms with Crippen molar-refractivity contribution in [1.29, 1.82) is 0 Å². The van der Waals surface area contributed by atoms with Crippen LogP contribution in [-0.4, -0.2) is 38.5 Å². The van der Waals surface area contributed by atoms with Gasteiger partial charge in [0.1, 0.15) is 17.6 Å². The lowest BCUT2D eigenvalue weighted by atomic mass is 10.1. The predicted molar refractivity (Wildman–Crippen MR) is 72.8 cm³/mol. The second kappa shape index (κ2) is 6.95. The first-order chi connectivity index (χ1) is 8.83. The standard InChI is InChI=1S/C14H18O3S/c1-15-10-13-12(16-2)8-9-14(17-13)18-11-6-4-3-5-7-11/h3-9,12-14H,10H2,1-2H3/t12-,13+,14+/m0/s1. The summed E-state index contributed by atoms with van der Waals surface area (Å²) in [5.41, 5.74) is 0.0129. The summed E-state index contributed by atoms with van der Waals surface area (Å²) in [5.74, 6) is 0. The number of benzene rings is 1. The molecule has 0 saturated heterocycles. The van der Waals surface area contributed by atoms with Crippen LogP contribution < -0.4 is 0 Å². The highest BCUT2D eigenvalue weighted by atomic mass is 32.2. The number of rotatable bonds is 5. The molecule has 0 saturated carbocycles. The van der Waals surface area contributed by atoms with Crippen molar-refractivity contribution in [3.05, 3.63) is 42.5 Å². The van der Waals surface area contributed by atoms with Crippen LogP contribution in [0.1, 0.15) is 0 Å². The molecule has 1 aromatic carbocycles. The Bertz CT molecular complexity index is 380. The Balaban J connectivity index is 1.99. The van der Waals surface area contributed by atoms with Crippen LogP contribution in [0.15, 0.2) is 47.4 Å². The third-order valence-corrected chi connectivity index (χ3v) is 3.78. The van der Waals surface area contributed by atoms with Gasteiger partial charge in [-0.25, -0.2) is 0 Å². The van der Waals surface area contributed by atoms with Crippen LogP contribution >= 0.6 is 11.8 Å². The number of thioether (sulfide) groups is 1. The minimum atomic E-state index is -0.0498. The average molecular weight is 266 g/mol. The number of hydrogen-bond acceptors (Lipinski definition) is 4. The summed E-state index contributed by atoms with van der Waals surface area (Å²) in [6.45, 7) is 0.536. The largest absolute Gasteiger partial charge is 0.382 e. The molecule has 3 nitrogen and oxygen atoms in total. The summed E-state index contributed by atoms with van der Waals surface area (Å²) in [5, 5.41) is 0. The Morgan fingerprint density at radius 1 is 1.17 bits per heavy atom. The predicted octanol–water partition coefficient (Wildman–Crippen LogP) is 2.72. The van der Waals surface area contributed by atoms with E-state index in [2.05, 4.69) is 12.1 Å². The Labute approximate surface area is 112 Å². The van der Waals surface area contributed by atoms with Crippen LogP contribution in [0.2, 0.25) is 0 Å². The van der Waals surface area contributed by atoms with Crippen LogP contribution in [0.25, 0.3) is 0 Å². The molecule has 0 aromatic heterocycles. The Kier molecular flexibility index (Phi) is 5.26. The van der Waals surface area contributed by atoms with Gasteiger partial charge in [-0.2, -0.15) is 0 Å². The Hall–Kier alpha value is -0.810. The third-order valence-electron chi connectivity index (χ3n) is 2.73. The first kappa shape index (κ1) is 13.6. The molecule has 0 N–H and O–H groups in total. The molecule has 0 unspecified atom stereocenters. The van der Waals surface area contributed by atoms with Gasteiger partial charge in [0.2, 0.25) is 0 Å². The van der Waals surface area contributed by atoms with Gasteiger partial charge in [-0.3, -0.25) is 0 Å². The fourth-order valence-corrected chi connectivity index (χ4v) is 2.80. The van der Waals surface area contributed by atoms with Gasteiger partial charge in [-0.05, 0) is 18.2 Å². The minimum absolute atomic E-state index is 0.0129. The normalized spacial score (nSPS) is 27.3. The van der Waals surface area contributed by atoms with E-state index in [1.165, 1.54) is 4.90 Å². The van der Waals surface area contributed by atoms with Crippen molar-refractivity contribution in [2.75, 3.05) is 20.8 Å². The lowest BCUT2D eigenvalue weighted by Gasteiger charge is -2.30. The second-order valence-corrected chi connectivity index (χ2v) is 5.19. The van der Waals surface area contributed by atoms with E-state index >= 15 is 0 Å². The van der Waals surface area contributed by atoms with Crippen LogP contribution in [0.5, 0.6) is 0 Å². The van der Waals surface area contributed by atoms with Crippen molar-refractivity contribution >= 4 is 11.8 Å². The molecule has 2 rings (SSSR count). The smallest absolute Gasteiger partial charge is 0.126 e. The molecule has 98 valence electrons. The molecule has 0 bridgehead atoms. The van der Waals surface area contributed by atoms with Gasteiger partial charge in [0.25, 0.3) is 0 Å². The van der Waals surface area contributed by atoms with Crippen molar-refractivity contribution in [3.8, 4) is 0 Å². The van der Waals surface area contributed by atoms with Crippen LogP contribution in [0, 0.1) is 0 Å². The molecule has 1 aliphatic heterocycles. The van der Waals surface area contributed by atoms with Gasteiger partial charge in [-0.1, -0.05) is 36.0 Å². The van der Waals surface area contributed by atoms with Gasteiger partial charge >= 0.3 is 0 Å². The van der Waals surface area contributed by atoms with Gasteiger partial charge in [0.15, 0.2) is 0 Å². The van der Waals surface area contributed by atoms with Crippen LogP contribution in [-0.2, 0) is 14.2 Å². The summed E-state index contributed by atoms with van der Waals surface area (Å²) in [6.07, 6.45) is 4.01. The maximum atomic E-state index is 5.96. The fourth-order valence-electron chi connectivity index (χ4n) is 1.85. The highest BCUT2D eigenvalue weighted by molar-refractivity contribution is 8.00. The molecule has 0 aliphatic carbocycles. The molecule has 0 radical (unpaired) electrons. The SMILES string of the molecule is COC[C@H]1O[C@H](Sc2ccccc2)C=C[C@@H]1OC. The summed E-state index contributed by atoms with van der Waals surface area (Å²) in [6, 6.07) is 10.2. The van der Waals surface area contributed by atoms with E-state index in [1.54, 1.807) is 26.0 Å². The van der Waals surface area contributed by atoms with Gasteiger partial charge in [0, 0.05) is 19.1 Å². The van der Waals surface area contributed by atoms with Crippen LogP contribution in [0.3, 0.4) is 0 Å². The maximum absolute atomic E-state index is 5.96. The van der Waals surface area contributed by atoms with Crippen molar-refractivity contribution in [3.63, 3.8) is 0 Å². The maximum Gasteiger partial charge on any atom is 0.126 e. The number of methoxy groups -OCH3 is 2. The summed E-state index contributed by atoms with van der Waals surface area (Å²) in [4.78, 5) is 1.19. The van der Waals surface area contributed by atoms with Crippen molar-refractivity contribution in [1.82, 2.24) is 0 Å². The van der Waals surface area contributed by atoms with Crippen molar-refractivity contribution in [2.24, 2.45) is 0 Å². The van der Waals surface area contributed by atoms with E-state index in [9.17, 15) is 0 Å². The van der Waals surface area contributed by atoms with Gasteiger partial charge in [0.05, 0.1) is 6.61 Å². The Morgan fingerprint density at radius 3 is 2.61 bits per heavy atom. The molecule has 0 amide bonds. The highest BCUT2D eigenvalue weighted by Crippen LogP contribution is 2.29. The topological polar surface area (TPSA) is 27.7 Å². The van der Waals surface area contributed by atoms with Crippen molar-refractivity contribution < 1.29 is 14.2 Å². The monoisotopic (exact) mass is 266 g/mol. The van der Waals surface area contributed by atoms with E-state index in [1.807, 2.05) is 30.4 Å². The van der Waals surface area contributed by atoms with E-state index in [-0.39, 0.29) is 17.6 Å². The molecule has 1 aromatic rings. The van der Waals surface area contributed by atoms with Crippen molar-refractivity contribution in [2.45, 2.75) is 22.5 Å². The quantitative estimate of drug-likeness (QED) is 0.766. The van der Waals surface area contributed by atoms with Crippen LogP contribution in [0.4, 0.5) is 0 Å². The zero-order valence-electron chi connectivity index (χ0n) is 10.6. The van der Waals surface area contributed by atoms with E-state index in [0.29, 0.717) is 6.61 Å². The van der Waals surface area contributed by atoms with E-state index in [4.69, 9.17) is 14.2 Å². The first-order valence-corrected chi connectivity index (χ1v) is 6.78. The molecule has 0 spiro atoms. The minimum Gasteiger partial charge on any atom is -0.382 e. The second-order valence-electron chi connectivity index (χ2n) is 4.01. The summed E-state index contributed by atoms with van der Waals surface area (Å²) < 4.78 is 16.5. The molecule has 18 heavy (non-hydrogen) atoms. The third kappa shape index (κ3) is 3.59. The molecule has 4 heteroatoms. The zero-order chi connectivity index (χ0) is 12.8. The summed E-state index contributed by atoms with van der Waals surface area (Å²) >= 11 is 1.69. The van der Waals surface area contributed by atoms with Gasteiger partial charge in [-0.15, -0.1) is 0 Å². The lowest BCUT2D eigenvalue weighted by Crippen LogP contribution is -2.38. The van der Waals surface area contributed by atoms with E-state index in [0.717, 1.165) is 0 Å². The average Bonchev–Trinajstić information content (AvgIpc) is 2.41. The molecule has 1 aliphatic rings. The summed E-state index contributed by atoms with van der Waals surface area (Å²) in [7, 11) is 3.36. The number of ether oxygens (including phenoxy) is 3. The first-order valence-electron chi connectivity index (χ1n) is 5.90. The molecular formula is C14H18O3S.